The van der Waals surface area contributed by atoms with E-state index in [2.05, 4.69) is 23.3 Å². The number of rotatable bonds is 11. The van der Waals surface area contributed by atoms with Gasteiger partial charge in [0.05, 0.1) is 24.2 Å². The van der Waals surface area contributed by atoms with Crippen molar-refractivity contribution in [3.63, 3.8) is 0 Å². The minimum absolute atomic E-state index is 0.0553. The summed E-state index contributed by atoms with van der Waals surface area (Å²) in [6.07, 6.45) is 9.14. The lowest BCUT2D eigenvalue weighted by molar-refractivity contribution is -0.132. The fourth-order valence-electron chi connectivity index (χ4n) is 4.41. The number of thioether (sulfide) groups is 1. The zero-order valence-electron chi connectivity index (χ0n) is 21.9. The maximum atomic E-state index is 13.1. The summed E-state index contributed by atoms with van der Waals surface area (Å²) in [7, 11) is 3.54. The number of ether oxygens (including phenoxy) is 1. The molecule has 37 heavy (non-hydrogen) atoms. The minimum atomic E-state index is -0.175. The number of allylic oxidation sites excluding steroid dienone is 1. The summed E-state index contributed by atoms with van der Waals surface area (Å²) < 4.78 is 7.35. The highest BCUT2D eigenvalue weighted by molar-refractivity contribution is 8.03. The van der Waals surface area contributed by atoms with Gasteiger partial charge >= 0.3 is 0 Å². The summed E-state index contributed by atoms with van der Waals surface area (Å²) in [6, 6.07) is 9.56. The van der Waals surface area contributed by atoms with E-state index in [0.29, 0.717) is 30.2 Å². The summed E-state index contributed by atoms with van der Waals surface area (Å²) in [5.74, 6) is 2.02. The van der Waals surface area contributed by atoms with Crippen molar-refractivity contribution in [1.29, 1.82) is 5.26 Å². The van der Waals surface area contributed by atoms with Crippen molar-refractivity contribution in [3.8, 4) is 11.8 Å². The Labute approximate surface area is 223 Å². The molecule has 1 N–H and O–H groups in total. The maximum Gasteiger partial charge on any atom is 0.225 e. The lowest BCUT2D eigenvalue weighted by Crippen LogP contribution is -2.44. The average molecular weight is 522 g/mol. The fraction of sp³-hybridized carbons (Fsp3) is 0.429. The SMILES string of the molecule is COc1ccccc1C(C)CC(=O)N/C(=C\C#N)SC[C@H]1C=C(C)CCN1C(=O)CCc1nccn1C. The number of benzene rings is 1. The molecule has 0 aliphatic carbocycles. The van der Waals surface area contributed by atoms with Crippen LogP contribution in [0, 0.1) is 11.3 Å². The molecule has 3 rings (SSSR count). The number of carbonyl (C=O) groups is 2. The Morgan fingerprint density at radius 1 is 1.38 bits per heavy atom. The van der Waals surface area contributed by atoms with Gasteiger partial charge in [-0.05, 0) is 30.9 Å². The quantitative estimate of drug-likeness (QED) is 0.349. The topological polar surface area (TPSA) is 100 Å². The van der Waals surface area contributed by atoms with Gasteiger partial charge in [0, 0.05) is 57.1 Å². The second-order valence-corrected chi connectivity index (χ2v) is 10.3. The third-order valence-electron chi connectivity index (χ3n) is 6.46. The molecule has 0 spiro atoms. The van der Waals surface area contributed by atoms with E-state index in [0.717, 1.165) is 23.6 Å². The van der Waals surface area contributed by atoms with Crippen molar-refractivity contribution in [2.45, 2.75) is 51.5 Å². The molecule has 0 fully saturated rings. The molecule has 2 amide bonds. The normalized spacial score (nSPS) is 16.5. The van der Waals surface area contributed by atoms with Gasteiger partial charge in [0.2, 0.25) is 11.8 Å². The van der Waals surface area contributed by atoms with Gasteiger partial charge in [-0.15, -0.1) is 11.8 Å². The predicted molar refractivity (Wildman–Crippen MR) is 146 cm³/mol. The van der Waals surface area contributed by atoms with Crippen LogP contribution in [-0.4, -0.2) is 51.7 Å². The van der Waals surface area contributed by atoms with Crippen molar-refractivity contribution in [1.82, 2.24) is 19.8 Å². The van der Waals surface area contributed by atoms with Gasteiger partial charge in [-0.2, -0.15) is 5.26 Å². The monoisotopic (exact) mass is 521 g/mol. The molecule has 0 saturated carbocycles. The zero-order valence-corrected chi connectivity index (χ0v) is 22.8. The lowest BCUT2D eigenvalue weighted by atomic mass is 9.96. The Bertz CT molecular complexity index is 1200. The summed E-state index contributed by atoms with van der Waals surface area (Å²) >= 11 is 1.38. The molecule has 1 aliphatic heterocycles. The first-order valence-electron chi connectivity index (χ1n) is 12.4. The average Bonchev–Trinajstić information content (AvgIpc) is 3.30. The van der Waals surface area contributed by atoms with Gasteiger partial charge in [0.25, 0.3) is 0 Å². The van der Waals surface area contributed by atoms with E-state index in [9.17, 15) is 14.9 Å². The van der Waals surface area contributed by atoms with E-state index in [4.69, 9.17) is 4.74 Å². The first-order valence-corrected chi connectivity index (χ1v) is 13.4. The fourth-order valence-corrected chi connectivity index (χ4v) is 5.36. The number of aromatic nitrogens is 2. The van der Waals surface area contributed by atoms with Crippen LogP contribution in [0.2, 0.25) is 0 Å². The van der Waals surface area contributed by atoms with Gasteiger partial charge in [-0.3, -0.25) is 9.59 Å². The van der Waals surface area contributed by atoms with E-state index >= 15 is 0 Å². The largest absolute Gasteiger partial charge is 0.496 e. The first kappa shape index (κ1) is 28.1. The lowest BCUT2D eigenvalue weighted by Gasteiger charge is -2.34. The molecule has 0 bridgehead atoms. The van der Waals surface area contributed by atoms with Gasteiger partial charge < -0.3 is 19.5 Å². The highest BCUT2D eigenvalue weighted by Gasteiger charge is 2.26. The van der Waals surface area contributed by atoms with Crippen LogP contribution in [0.3, 0.4) is 0 Å². The molecule has 1 aliphatic rings. The molecule has 1 unspecified atom stereocenters. The number of nitrogens with one attached hydrogen (secondary N) is 1. The standard InChI is InChI=1S/C28H35N5O3S/c1-20-12-15-33(28(35)10-9-25-30-14-16-32(25)3)22(17-20)19-37-27(11-13-29)31-26(34)18-21(2)23-7-5-6-8-24(23)36-4/h5-8,11,14,16-17,21-22H,9-10,12,15,18-19H2,1-4H3,(H,31,34)/b27-11+/t21?,22-/m1/s1. The minimum Gasteiger partial charge on any atom is -0.496 e. The van der Waals surface area contributed by atoms with E-state index in [1.54, 1.807) is 13.3 Å². The van der Waals surface area contributed by atoms with Crippen molar-refractivity contribution in [3.05, 3.63) is 70.8 Å². The zero-order chi connectivity index (χ0) is 26.8. The van der Waals surface area contributed by atoms with Crippen LogP contribution in [0.25, 0.3) is 0 Å². The van der Waals surface area contributed by atoms with E-state index < -0.39 is 0 Å². The first-order chi connectivity index (χ1) is 17.8. The van der Waals surface area contributed by atoms with Crippen LogP contribution in [-0.2, 0) is 23.1 Å². The molecule has 2 aromatic rings. The molecule has 2 atom stereocenters. The molecule has 2 heterocycles. The summed E-state index contributed by atoms with van der Waals surface area (Å²) in [5.41, 5.74) is 2.19. The smallest absolute Gasteiger partial charge is 0.225 e. The molecule has 1 aromatic carbocycles. The van der Waals surface area contributed by atoms with Gasteiger partial charge in [0.1, 0.15) is 11.6 Å². The van der Waals surface area contributed by atoms with Crippen molar-refractivity contribution in [2.75, 3.05) is 19.4 Å². The number of amides is 2. The Morgan fingerprint density at radius 3 is 2.86 bits per heavy atom. The van der Waals surface area contributed by atoms with Crippen molar-refractivity contribution in [2.24, 2.45) is 7.05 Å². The van der Waals surface area contributed by atoms with Crippen LogP contribution >= 0.6 is 11.8 Å². The third-order valence-corrected chi connectivity index (χ3v) is 7.50. The maximum absolute atomic E-state index is 13.1. The number of aryl methyl sites for hydroxylation is 2. The van der Waals surface area contributed by atoms with Crippen LogP contribution in [0.15, 0.2) is 59.4 Å². The van der Waals surface area contributed by atoms with Crippen LogP contribution in [0.1, 0.15) is 50.4 Å². The van der Waals surface area contributed by atoms with Gasteiger partial charge in [0.15, 0.2) is 0 Å². The Kier molecular flexibility index (Phi) is 10.4. The predicted octanol–water partition coefficient (Wildman–Crippen LogP) is 4.32. The number of imidazole rings is 1. The number of nitriles is 1. The Morgan fingerprint density at radius 2 is 2.16 bits per heavy atom. The molecule has 1 aromatic heterocycles. The number of hydrogen-bond donors (Lipinski definition) is 1. The summed E-state index contributed by atoms with van der Waals surface area (Å²) in [5, 5.41) is 12.7. The molecule has 8 nitrogen and oxygen atoms in total. The van der Waals surface area contributed by atoms with Crippen LogP contribution in [0.5, 0.6) is 5.75 Å². The third kappa shape index (κ3) is 7.99. The van der Waals surface area contributed by atoms with Gasteiger partial charge in [-0.1, -0.05) is 36.8 Å². The summed E-state index contributed by atoms with van der Waals surface area (Å²) in [4.78, 5) is 32.1. The highest BCUT2D eigenvalue weighted by atomic mass is 32.2. The number of para-hydroxylation sites is 1. The molecule has 9 heteroatoms. The van der Waals surface area contributed by atoms with Crippen molar-refractivity contribution >= 4 is 23.6 Å². The van der Waals surface area contributed by atoms with E-state index in [1.165, 1.54) is 23.4 Å². The second kappa shape index (κ2) is 13.7. The second-order valence-electron chi connectivity index (χ2n) is 9.22. The number of methoxy groups -OCH3 is 1. The van der Waals surface area contributed by atoms with Crippen LogP contribution < -0.4 is 10.1 Å². The molecular weight excluding hydrogens is 486 g/mol. The number of carbonyl (C=O) groups excluding carboxylic acids is 2. The summed E-state index contributed by atoms with van der Waals surface area (Å²) in [6.45, 7) is 4.70. The van der Waals surface area contributed by atoms with E-state index in [1.807, 2.05) is 60.0 Å². The van der Waals surface area contributed by atoms with Crippen LogP contribution in [0.4, 0.5) is 0 Å². The van der Waals surface area contributed by atoms with Crippen molar-refractivity contribution < 1.29 is 14.3 Å². The Hall–Kier alpha value is -3.51. The molecule has 0 saturated heterocycles. The van der Waals surface area contributed by atoms with Gasteiger partial charge in [-0.25, -0.2) is 4.98 Å². The van der Waals surface area contributed by atoms with E-state index in [-0.39, 0.29) is 30.2 Å². The number of nitrogens with zero attached hydrogens (tertiary/aromatic N) is 4. The Balaban J connectivity index is 1.59. The molecular formula is C28H35N5O3S. The number of hydrogen-bond acceptors (Lipinski definition) is 6. The highest BCUT2D eigenvalue weighted by Crippen LogP contribution is 2.29. The molecule has 196 valence electrons. The molecule has 0 radical (unpaired) electrons.